The average molecular weight is 243 g/mol. The zero-order valence-electron chi connectivity index (χ0n) is 11.1. The fraction of sp³-hybridized carbons (Fsp3) is 0.562. The van der Waals surface area contributed by atoms with Gasteiger partial charge in [0.1, 0.15) is 5.75 Å². The van der Waals surface area contributed by atoms with Crippen molar-refractivity contribution in [2.45, 2.75) is 39.2 Å². The fourth-order valence-corrected chi connectivity index (χ4v) is 3.76. The summed E-state index contributed by atoms with van der Waals surface area (Å²) in [5, 5.41) is 9.98. The Balaban J connectivity index is 1.80. The third-order valence-corrected chi connectivity index (χ3v) is 4.93. The highest BCUT2D eigenvalue weighted by Crippen LogP contribution is 2.49. The number of aliphatic imine (C=N–C) groups is 1. The number of hydrogen-bond acceptors (Lipinski definition) is 2. The number of phenolic OH excluding ortho intramolecular Hbond substituents is 1. The first-order chi connectivity index (χ1) is 8.66. The third kappa shape index (κ3) is 1.84. The van der Waals surface area contributed by atoms with E-state index in [1.54, 1.807) is 0 Å². The van der Waals surface area contributed by atoms with E-state index in [1.807, 2.05) is 31.3 Å². The molecule has 2 aliphatic rings. The van der Waals surface area contributed by atoms with Crippen molar-refractivity contribution in [1.82, 2.24) is 0 Å². The van der Waals surface area contributed by atoms with Crippen molar-refractivity contribution >= 4 is 6.21 Å². The normalized spacial score (nSPS) is 34.6. The molecule has 2 bridgehead atoms. The van der Waals surface area contributed by atoms with Gasteiger partial charge >= 0.3 is 0 Å². The van der Waals surface area contributed by atoms with E-state index >= 15 is 0 Å². The molecule has 1 aromatic rings. The molecule has 18 heavy (non-hydrogen) atoms. The van der Waals surface area contributed by atoms with Crippen molar-refractivity contribution in [2.24, 2.45) is 22.7 Å². The molecule has 0 spiro atoms. The minimum absolute atomic E-state index is 0.372. The summed E-state index contributed by atoms with van der Waals surface area (Å²) >= 11 is 0. The van der Waals surface area contributed by atoms with Crippen molar-refractivity contribution in [3.63, 3.8) is 0 Å². The van der Waals surface area contributed by atoms with Gasteiger partial charge in [0.25, 0.3) is 0 Å². The van der Waals surface area contributed by atoms with Gasteiger partial charge in [0.05, 0.1) is 6.04 Å². The van der Waals surface area contributed by atoms with Crippen molar-refractivity contribution in [1.29, 1.82) is 0 Å². The molecule has 4 atom stereocenters. The molecule has 4 unspecified atom stereocenters. The highest BCUT2D eigenvalue weighted by Gasteiger charge is 2.44. The van der Waals surface area contributed by atoms with Gasteiger partial charge in [-0.25, -0.2) is 0 Å². The molecule has 2 heteroatoms. The maximum Gasteiger partial charge on any atom is 0.127 e. The van der Waals surface area contributed by atoms with Crippen LogP contribution in [0.5, 0.6) is 5.75 Å². The summed E-state index contributed by atoms with van der Waals surface area (Å²) in [4.78, 5) is 4.77. The summed E-state index contributed by atoms with van der Waals surface area (Å²) in [6, 6.07) is 6.31. The molecular weight excluding hydrogens is 222 g/mol. The molecular formula is C16H21NO. The van der Waals surface area contributed by atoms with Crippen LogP contribution < -0.4 is 0 Å². The molecule has 96 valence electrons. The quantitative estimate of drug-likeness (QED) is 0.791. The minimum atomic E-state index is 0.372. The van der Waals surface area contributed by atoms with E-state index in [-0.39, 0.29) is 0 Å². The lowest BCUT2D eigenvalue weighted by atomic mass is 9.86. The summed E-state index contributed by atoms with van der Waals surface area (Å²) in [7, 11) is 0. The Hall–Kier alpha value is -1.31. The highest BCUT2D eigenvalue weighted by molar-refractivity contribution is 5.84. The summed E-state index contributed by atoms with van der Waals surface area (Å²) < 4.78 is 0. The van der Waals surface area contributed by atoms with E-state index in [1.165, 1.54) is 19.3 Å². The maximum absolute atomic E-state index is 9.98. The SMILES string of the molecule is Cc1cccc(C=NC2C3CCC(C3)C2C)c1O. The van der Waals surface area contributed by atoms with E-state index in [2.05, 4.69) is 6.92 Å². The Kier molecular flexibility index (Phi) is 2.89. The molecule has 2 fully saturated rings. The Morgan fingerprint density at radius 2 is 2.06 bits per heavy atom. The smallest absolute Gasteiger partial charge is 0.127 e. The predicted octanol–water partition coefficient (Wildman–Crippen LogP) is 3.55. The highest BCUT2D eigenvalue weighted by atomic mass is 16.3. The van der Waals surface area contributed by atoms with Gasteiger partial charge in [-0.15, -0.1) is 0 Å². The largest absolute Gasteiger partial charge is 0.507 e. The second-order valence-electron chi connectivity index (χ2n) is 5.97. The Bertz CT molecular complexity index is 478. The first-order valence-corrected chi connectivity index (χ1v) is 6.98. The second-order valence-corrected chi connectivity index (χ2v) is 5.97. The molecule has 0 aromatic heterocycles. The van der Waals surface area contributed by atoms with Crippen molar-refractivity contribution in [3.8, 4) is 5.75 Å². The average Bonchev–Trinajstić information content (AvgIpc) is 2.93. The van der Waals surface area contributed by atoms with Crippen LogP contribution in [0.1, 0.15) is 37.3 Å². The number of aryl methyl sites for hydroxylation is 1. The Morgan fingerprint density at radius 1 is 1.28 bits per heavy atom. The van der Waals surface area contributed by atoms with Gasteiger partial charge in [0, 0.05) is 11.8 Å². The van der Waals surface area contributed by atoms with Crippen LogP contribution in [0.25, 0.3) is 0 Å². The van der Waals surface area contributed by atoms with Gasteiger partial charge in [0.2, 0.25) is 0 Å². The van der Waals surface area contributed by atoms with Gasteiger partial charge < -0.3 is 5.11 Å². The molecule has 0 radical (unpaired) electrons. The number of nitrogens with zero attached hydrogens (tertiary/aromatic N) is 1. The second kappa shape index (κ2) is 4.42. The lowest BCUT2D eigenvalue weighted by Gasteiger charge is -2.24. The molecule has 0 saturated heterocycles. The number of hydrogen-bond donors (Lipinski definition) is 1. The van der Waals surface area contributed by atoms with E-state index in [9.17, 15) is 5.11 Å². The van der Waals surface area contributed by atoms with Crippen molar-refractivity contribution in [3.05, 3.63) is 29.3 Å². The topological polar surface area (TPSA) is 32.6 Å². The summed E-state index contributed by atoms with van der Waals surface area (Å²) in [5.41, 5.74) is 1.77. The van der Waals surface area contributed by atoms with E-state index in [0.717, 1.165) is 23.0 Å². The van der Waals surface area contributed by atoms with Gasteiger partial charge in [-0.1, -0.05) is 19.1 Å². The van der Waals surface area contributed by atoms with Crippen LogP contribution in [0.3, 0.4) is 0 Å². The van der Waals surface area contributed by atoms with Gasteiger partial charge in [-0.3, -0.25) is 4.99 Å². The number of fused-ring (bicyclic) bond motifs is 2. The van der Waals surface area contributed by atoms with E-state index in [0.29, 0.717) is 17.7 Å². The lowest BCUT2D eigenvalue weighted by molar-refractivity contribution is 0.314. The number of rotatable bonds is 2. The zero-order chi connectivity index (χ0) is 12.7. The molecule has 1 aromatic carbocycles. The van der Waals surface area contributed by atoms with Crippen LogP contribution in [0, 0.1) is 24.7 Å². The molecule has 2 saturated carbocycles. The molecule has 0 aliphatic heterocycles. The van der Waals surface area contributed by atoms with Crippen molar-refractivity contribution in [2.75, 3.05) is 0 Å². The maximum atomic E-state index is 9.98. The summed E-state index contributed by atoms with van der Waals surface area (Å²) in [6.45, 7) is 4.26. The molecule has 3 rings (SSSR count). The molecule has 1 N–H and O–H groups in total. The number of benzene rings is 1. The Labute approximate surface area is 109 Å². The van der Waals surface area contributed by atoms with Crippen LogP contribution in [0.15, 0.2) is 23.2 Å². The first kappa shape index (κ1) is 11.8. The summed E-state index contributed by atoms with van der Waals surface area (Å²) in [5.74, 6) is 2.76. The minimum Gasteiger partial charge on any atom is -0.507 e. The molecule has 2 nitrogen and oxygen atoms in total. The van der Waals surface area contributed by atoms with Crippen LogP contribution in [0.4, 0.5) is 0 Å². The van der Waals surface area contributed by atoms with Gasteiger partial charge in [-0.05, 0) is 55.6 Å². The fourth-order valence-electron chi connectivity index (χ4n) is 3.76. The predicted molar refractivity (Wildman–Crippen MR) is 74.2 cm³/mol. The molecule has 0 amide bonds. The van der Waals surface area contributed by atoms with Gasteiger partial charge in [-0.2, -0.15) is 0 Å². The van der Waals surface area contributed by atoms with Crippen LogP contribution in [0.2, 0.25) is 0 Å². The number of phenols is 1. The van der Waals surface area contributed by atoms with Crippen molar-refractivity contribution < 1.29 is 5.11 Å². The Morgan fingerprint density at radius 3 is 2.78 bits per heavy atom. The van der Waals surface area contributed by atoms with Crippen LogP contribution in [-0.2, 0) is 0 Å². The first-order valence-electron chi connectivity index (χ1n) is 6.98. The third-order valence-electron chi connectivity index (χ3n) is 4.93. The van der Waals surface area contributed by atoms with E-state index < -0.39 is 0 Å². The summed E-state index contributed by atoms with van der Waals surface area (Å²) in [6.07, 6.45) is 5.98. The standard InChI is InChI=1S/C16H21NO/c1-10-4-3-5-14(16(10)18)9-17-15-11(2)12-6-7-13(15)8-12/h3-5,9,11-13,15,18H,6-8H2,1-2H3. The monoisotopic (exact) mass is 243 g/mol. The number of para-hydroxylation sites is 1. The van der Waals surface area contributed by atoms with E-state index in [4.69, 9.17) is 4.99 Å². The zero-order valence-corrected chi connectivity index (χ0v) is 11.1. The molecule has 2 aliphatic carbocycles. The van der Waals surface area contributed by atoms with Crippen LogP contribution >= 0.6 is 0 Å². The number of aromatic hydroxyl groups is 1. The lowest BCUT2D eigenvalue weighted by Crippen LogP contribution is -2.23. The van der Waals surface area contributed by atoms with Crippen LogP contribution in [-0.4, -0.2) is 17.4 Å². The molecule has 0 heterocycles. The van der Waals surface area contributed by atoms with Gasteiger partial charge in [0.15, 0.2) is 0 Å².